The molecule has 302 valence electrons. The van der Waals surface area contributed by atoms with Crippen molar-refractivity contribution >= 4 is 10.8 Å². The van der Waals surface area contributed by atoms with Gasteiger partial charge in [-0.1, -0.05) is 218 Å². The Balaban J connectivity index is 0.939. The van der Waals surface area contributed by atoms with E-state index in [-0.39, 0.29) is 0 Å². The molecule has 0 atom stereocenters. The molecule has 10 aromatic carbocycles. The first-order valence-electron chi connectivity index (χ1n) is 22.4. The minimum Gasteiger partial charge on any atom is -0.228 e. The van der Waals surface area contributed by atoms with Crippen LogP contribution in [0, 0.1) is 0 Å². The monoisotopic (exact) mass is 824 g/mol. The highest BCUT2D eigenvalue weighted by Gasteiger charge is 2.51. The van der Waals surface area contributed by atoms with E-state index in [4.69, 9.17) is 9.97 Å². The Morgan fingerprint density at radius 3 is 1.23 bits per heavy atom. The summed E-state index contributed by atoms with van der Waals surface area (Å²) in [4.78, 5) is 10.2. The summed E-state index contributed by atoms with van der Waals surface area (Å²) >= 11 is 0. The minimum absolute atomic E-state index is 0.427. The quantitative estimate of drug-likeness (QED) is 0.167. The molecule has 0 saturated heterocycles. The minimum atomic E-state index is -0.427. The zero-order valence-electron chi connectivity index (χ0n) is 35.5. The average molecular weight is 825 g/mol. The first-order valence-corrected chi connectivity index (χ1v) is 22.4. The van der Waals surface area contributed by atoms with Gasteiger partial charge in [0.25, 0.3) is 0 Å². The summed E-state index contributed by atoms with van der Waals surface area (Å²) in [5, 5.41) is 2.48. The van der Waals surface area contributed by atoms with Gasteiger partial charge < -0.3 is 0 Å². The molecule has 2 nitrogen and oxygen atoms in total. The van der Waals surface area contributed by atoms with Crippen LogP contribution in [0.15, 0.2) is 243 Å². The molecule has 0 aliphatic heterocycles. The van der Waals surface area contributed by atoms with Crippen molar-refractivity contribution < 1.29 is 0 Å². The largest absolute Gasteiger partial charge is 0.228 e. The van der Waals surface area contributed by atoms with Crippen molar-refractivity contribution in [3.05, 3.63) is 265 Å². The molecule has 0 unspecified atom stereocenters. The number of nitrogens with zero attached hydrogens (tertiary/aromatic N) is 2. The third kappa shape index (κ3) is 5.88. The molecule has 1 heterocycles. The van der Waals surface area contributed by atoms with Crippen LogP contribution in [0.1, 0.15) is 22.3 Å². The van der Waals surface area contributed by atoms with Gasteiger partial charge in [-0.3, -0.25) is 0 Å². The number of rotatable bonds is 6. The van der Waals surface area contributed by atoms with Crippen LogP contribution in [0.4, 0.5) is 0 Å². The molecule has 1 aromatic heterocycles. The van der Waals surface area contributed by atoms with Crippen LogP contribution in [0.5, 0.6) is 0 Å². The highest BCUT2D eigenvalue weighted by molar-refractivity contribution is 6.00. The van der Waals surface area contributed by atoms with Crippen LogP contribution in [0.3, 0.4) is 0 Å². The van der Waals surface area contributed by atoms with Gasteiger partial charge in [0.15, 0.2) is 5.82 Å². The topological polar surface area (TPSA) is 25.8 Å². The van der Waals surface area contributed by atoms with Crippen LogP contribution in [0.25, 0.3) is 100 Å². The predicted molar refractivity (Wildman–Crippen MR) is 268 cm³/mol. The van der Waals surface area contributed by atoms with Gasteiger partial charge in [0.05, 0.1) is 16.8 Å². The van der Waals surface area contributed by atoms with E-state index in [2.05, 4.69) is 231 Å². The van der Waals surface area contributed by atoms with Crippen LogP contribution in [-0.2, 0) is 5.41 Å². The maximum atomic E-state index is 5.08. The fraction of sp³-hybridized carbons (Fsp3) is 0.0159. The van der Waals surface area contributed by atoms with Gasteiger partial charge in [-0.05, 0) is 113 Å². The first-order chi connectivity index (χ1) is 32.2. The van der Waals surface area contributed by atoms with Crippen molar-refractivity contribution in [1.82, 2.24) is 9.97 Å². The normalized spacial score (nSPS) is 12.7. The van der Waals surface area contributed by atoms with Crippen molar-refractivity contribution in [2.45, 2.75) is 5.41 Å². The van der Waals surface area contributed by atoms with Crippen molar-refractivity contribution in [3.8, 4) is 89.5 Å². The summed E-state index contributed by atoms with van der Waals surface area (Å²) in [5.74, 6) is 0.706. The molecule has 2 aliphatic carbocycles. The lowest BCUT2D eigenvalue weighted by Gasteiger charge is -2.31. The van der Waals surface area contributed by atoms with Crippen molar-refractivity contribution in [2.24, 2.45) is 0 Å². The van der Waals surface area contributed by atoms with Crippen molar-refractivity contribution in [3.63, 3.8) is 0 Å². The summed E-state index contributed by atoms with van der Waals surface area (Å²) in [7, 11) is 0. The Bertz CT molecular complexity index is 3520. The fourth-order valence-electron chi connectivity index (χ4n) is 10.7. The standard InChI is InChI=1S/C63H40N2/c1-3-16-45(17-4-1)60-40-61(46-18-5-2-6-19-46)65-62(64-60)47-34-29-43(30-35-47)42-27-32-44(33-28-42)54-39-59-55(38-53(54)49-36-31-41-15-7-8-20-48(41)37-49)52-23-11-14-26-58(52)63(59)56-24-12-9-21-50(56)51-22-10-13-25-57(51)63/h1-40H. The van der Waals surface area contributed by atoms with Gasteiger partial charge in [0.1, 0.15) is 0 Å². The smallest absolute Gasteiger partial charge is 0.160 e. The third-order valence-corrected chi connectivity index (χ3v) is 13.7. The predicted octanol–water partition coefficient (Wildman–Crippen LogP) is 16.0. The third-order valence-electron chi connectivity index (χ3n) is 13.7. The van der Waals surface area contributed by atoms with Gasteiger partial charge in [0.2, 0.25) is 0 Å². The van der Waals surface area contributed by atoms with E-state index in [1.807, 2.05) is 12.1 Å². The maximum absolute atomic E-state index is 5.08. The summed E-state index contributed by atoms with van der Waals surface area (Å²) in [6.07, 6.45) is 0. The molecule has 0 saturated carbocycles. The van der Waals surface area contributed by atoms with Gasteiger partial charge in [-0.15, -0.1) is 0 Å². The second-order valence-corrected chi connectivity index (χ2v) is 17.2. The van der Waals surface area contributed by atoms with E-state index >= 15 is 0 Å². The molecular weight excluding hydrogens is 785 g/mol. The van der Waals surface area contributed by atoms with E-state index < -0.39 is 5.41 Å². The molecule has 0 radical (unpaired) electrons. The Kier molecular flexibility index (Phi) is 8.47. The van der Waals surface area contributed by atoms with Crippen LogP contribution >= 0.6 is 0 Å². The number of fused-ring (bicyclic) bond motifs is 11. The molecule has 0 bridgehead atoms. The average Bonchev–Trinajstić information content (AvgIpc) is 3.85. The van der Waals surface area contributed by atoms with Gasteiger partial charge in [0, 0.05) is 16.7 Å². The molecule has 2 heteroatoms. The summed E-state index contributed by atoms with van der Waals surface area (Å²) in [5.41, 5.74) is 22.2. The summed E-state index contributed by atoms with van der Waals surface area (Å²) < 4.78 is 0. The van der Waals surface area contributed by atoms with Crippen molar-refractivity contribution in [1.29, 1.82) is 0 Å². The summed E-state index contributed by atoms with van der Waals surface area (Å²) in [6.45, 7) is 0. The van der Waals surface area contributed by atoms with Gasteiger partial charge in [-0.25, -0.2) is 9.97 Å². The lowest BCUT2D eigenvalue weighted by Crippen LogP contribution is -2.25. The molecule has 1 spiro atoms. The van der Waals surface area contributed by atoms with E-state index in [1.165, 1.54) is 77.5 Å². The Labute approximate surface area is 378 Å². The van der Waals surface area contributed by atoms with E-state index in [0.29, 0.717) is 5.82 Å². The number of hydrogen-bond donors (Lipinski definition) is 0. The molecule has 11 aromatic rings. The highest BCUT2D eigenvalue weighted by atomic mass is 14.9. The van der Waals surface area contributed by atoms with Gasteiger partial charge >= 0.3 is 0 Å². The molecule has 65 heavy (non-hydrogen) atoms. The Morgan fingerprint density at radius 2 is 0.662 bits per heavy atom. The Hall–Kier alpha value is -8.46. The number of hydrogen-bond acceptors (Lipinski definition) is 2. The van der Waals surface area contributed by atoms with Gasteiger partial charge in [-0.2, -0.15) is 0 Å². The second kappa shape index (κ2) is 14.8. The summed E-state index contributed by atoms with van der Waals surface area (Å²) in [6, 6.07) is 88.4. The molecule has 0 amide bonds. The lowest BCUT2D eigenvalue weighted by molar-refractivity contribution is 0.794. The highest BCUT2D eigenvalue weighted by Crippen LogP contribution is 2.63. The number of benzene rings is 10. The molecule has 13 rings (SSSR count). The number of aromatic nitrogens is 2. The first kappa shape index (κ1) is 37.1. The molecule has 0 fully saturated rings. The lowest BCUT2D eigenvalue weighted by atomic mass is 9.70. The maximum Gasteiger partial charge on any atom is 0.160 e. The van der Waals surface area contributed by atoms with E-state index in [9.17, 15) is 0 Å². The molecule has 2 aliphatic rings. The van der Waals surface area contributed by atoms with E-state index in [1.54, 1.807) is 0 Å². The van der Waals surface area contributed by atoms with E-state index in [0.717, 1.165) is 39.2 Å². The zero-order chi connectivity index (χ0) is 42.9. The van der Waals surface area contributed by atoms with Crippen LogP contribution in [0.2, 0.25) is 0 Å². The SMILES string of the molecule is c1ccc(-c2cc(-c3ccccc3)nc(-c3ccc(-c4ccc(-c5cc6c(cc5-c5ccc7ccccc7c5)-c5ccccc5C65c6ccccc6-c6ccccc65)cc4)cc3)n2)cc1. The molecular formula is C63H40N2. The Morgan fingerprint density at radius 1 is 0.231 bits per heavy atom. The second-order valence-electron chi connectivity index (χ2n) is 17.2. The van der Waals surface area contributed by atoms with Crippen molar-refractivity contribution in [2.75, 3.05) is 0 Å². The zero-order valence-corrected chi connectivity index (χ0v) is 35.5. The fourth-order valence-corrected chi connectivity index (χ4v) is 10.7. The molecule has 0 N–H and O–H groups in total. The van der Waals surface area contributed by atoms with Crippen LogP contribution < -0.4 is 0 Å². The van der Waals surface area contributed by atoms with Crippen LogP contribution in [-0.4, -0.2) is 9.97 Å².